The maximum Gasteiger partial charge on any atom is 0.312 e. The molecule has 4 nitrogen and oxygen atoms in total. The standard InChI is InChI=1S/C10H10BrN3O/c11-8-4-1-7(2-5-8)3-6-9-13-14-10(12)15-9/h1-2,4-5H,3,6H2,(H2,12,14). The number of nitrogens with zero attached hydrogens (tertiary/aromatic N) is 2. The van der Waals surface area contributed by atoms with Crippen LogP contribution in [0.25, 0.3) is 0 Å². The van der Waals surface area contributed by atoms with E-state index in [1.165, 1.54) is 5.56 Å². The number of hydrogen-bond acceptors (Lipinski definition) is 4. The number of aromatic nitrogens is 2. The van der Waals surface area contributed by atoms with Crippen molar-refractivity contribution in [3.63, 3.8) is 0 Å². The van der Waals surface area contributed by atoms with Crippen LogP contribution in [0.2, 0.25) is 0 Å². The van der Waals surface area contributed by atoms with Gasteiger partial charge in [-0.05, 0) is 24.1 Å². The zero-order chi connectivity index (χ0) is 10.7. The number of nitrogens with two attached hydrogens (primary N) is 1. The molecule has 2 N–H and O–H groups in total. The summed E-state index contributed by atoms with van der Waals surface area (Å²) in [5.41, 5.74) is 6.55. The molecule has 0 spiro atoms. The van der Waals surface area contributed by atoms with E-state index in [0.29, 0.717) is 12.3 Å². The zero-order valence-corrected chi connectivity index (χ0v) is 9.57. The molecule has 0 bridgehead atoms. The third kappa shape index (κ3) is 2.79. The van der Waals surface area contributed by atoms with Crippen molar-refractivity contribution >= 4 is 21.9 Å². The van der Waals surface area contributed by atoms with Crippen molar-refractivity contribution < 1.29 is 4.42 Å². The number of benzene rings is 1. The molecule has 78 valence electrons. The summed E-state index contributed by atoms with van der Waals surface area (Å²) in [5.74, 6) is 0.579. The van der Waals surface area contributed by atoms with Crippen LogP contribution in [0.3, 0.4) is 0 Å². The Bertz CT molecular complexity index is 438. The molecular formula is C10H10BrN3O. The minimum absolute atomic E-state index is 0.126. The van der Waals surface area contributed by atoms with E-state index in [2.05, 4.69) is 38.3 Å². The second-order valence-corrected chi connectivity index (χ2v) is 4.08. The van der Waals surface area contributed by atoms with Crippen LogP contribution in [-0.4, -0.2) is 10.2 Å². The summed E-state index contributed by atoms with van der Waals surface area (Å²) >= 11 is 3.39. The molecule has 0 aliphatic heterocycles. The highest BCUT2D eigenvalue weighted by atomic mass is 79.9. The highest BCUT2D eigenvalue weighted by molar-refractivity contribution is 9.10. The quantitative estimate of drug-likeness (QED) is 0.926. The van der Waals surface area contributed by atoms with E-state index in [-0.39, 0.29) is 6.01 Å². The highest BCUT2D eigenvalue weighted by Gasteiger charge is 2.02. The summed E-state index contributed by atoms with van der Waals surface area (Å²) in [7, 11) is 0. The van der Waals surface area contributed by atoms with Gasteiger partial charge in [-0.2, -0.15) is 0 Å². The first-order valence-corrected chi connectivity index (χ1v) is 5.35. The number of aryl methyl sites for hydroxylation is 2. The van der Waals surface area contributed by atoms with Gasteiger partial charge >= 0.3 is 6.01 Å². The molecule has 0 radical (unpaired) electrons. The van der Waals surface area contributed by atoms with E-state index in [1.54, 1.807) is 0 Å². The van der Waals surface area contributed by atoms with Crippen LogP contribution in [0, 0.1) is 0 Å². The van der Waals surface area contributed by atoms with E-state index >= 15 is 0 Å². The number of anilines is 1. The molecule has 15 heavy (non-hydrogen) atoms. The van der Waals surface area contributed by atoms with Gasteiger partial charge in [0, 0.05) is 10.9 Å². The Morgan fingerprint density at radius 1 is 1.13 bits per heavy atom. The summed E-state index contributed by atoms with van der Waals surface area (Å²) in [6.07, 6.45) is 1.58. The zero-order valence-electron chi connectivity index (χ0n) is 7.98. The fraction of sp³-hybridized carbons (Fsp3) is 0.200. The second kappa shape index (κ2) is 4.44. The molecule has 0 saturated heterocycles. The SMILES string of the molecule is Nc1nnc(CCc2ccc(Br)cc2)o1. The molecule has 5 heteroatoms. The van der Waals surface area contributed by atoms with E-state index in [1.807, 2.05) is 12.1 Å². The van der Waals surface area contributed by atoms with Gasteiger partial charge in [0.05, 0.1) is 0 Å². The van der Waals surface area contributed by atoms with Crippen molar-refractivity contribution in [2.75, 3.05) is 5.73 Å². The minimum atomic E-state index is 0.126. The molecule has 0 aliphatic rings. The Hall–Kier alpha value is -1.36. The van der Waals surface area contributed by atoms with E-state index < -0.39 is 0 Å². The molecule has 0 aliphatic carbocycles. The average Bonchev–Trinajstić information content (AvgIpc) is 2.64. The molecule has 2 rings (SSSR count). The topological polar surface area (TPSA) is 64.9 Å². The van der Waals surface area contributed by atoms with Crippen LogP contribution < -0.4 is 5.73 Å². The minimum Gasteiger partial charge on any atom is -0.408 e. The smallest absolute Gasteiger partial charge is 0.312 e. The van der Waals surface area contributed by atoms with Gasteiger partial charge in [0.25, 0.3) is 0 Å². The number of hydrogen-bond donors (Lipinski definition) is 1. The van der Waals surface area contributed by atoms with Crippen LogP contribution in [0.4, 0.5) is 6.01 Å². The molecule has 0 fully saturated rings. The fourth-order valence-electron chi connectivity index (χ4n) is 1.27. The molecule has 1 heterocycles. The summed E-state index contributed by atoms with van der Waals surface area (Å²) in [5, 5.41) is 7.39. The summed E-state index contributed by atoms with van der Waals surface area (Å²) in [6, 6.07) is 8.27. The third-order valence-electron chi connectivity index (χ3n) is 2.02. The van der Waals surface area contributed by atoms with Crippen LogP contribution in [0.5, 0.6) is 0 Å². The lowest BCUT2D eigenvalue weighted by atomic mass is 10.1. The average molecular weight is 268 g/mol. The molecule has 2 aromatic rings. The van der Waals surface area contributed by atoms with Crippen LogP contribution in [0.15, 0.2) is 33.2 Å². The number of halogens is 1. The first-order valence-electron chi connectivity index (χ1n) is 4.56. The van der Waals surface area contributed by atoms with Gasteiger partial charge in [-0.25, -0.2) is 0 Å². The lowest BCUT2D eigenvalue weighted by Gasteiger charge is -1.98. The lowest BCUT2D eigenvalue weighted by Crippen LogP contribution is -1.91. The maximum atomic E-state index is 5.32. The molecular weight excluding hydrogens is 258 g/mol. The summed E-state index contributed by atoms with van der Waals surface area (Å²) in [4.78, 5) is 0. The van der Waals surface area contributed by atoms with Crippen LogP contribution >= 0.6 is 15.9 Å². The molecule has 0 unspecified atom stereocenters. The Morgan fingerprint density at radius 3 is 2.47 bits per heavy atom. The molecule has 0 amide bonds. The number of nitrogen functional groups attached to an aromatic ring is 1. The van der Waals surface area contributed by atoms with Gasteiger partial charge in [-0.3, -0.25) is 0 Å². The van der Waals surface area contributed by atoms with Crippen LogP contribution in [-0.2, 0) is 12.8 Å². The Labute approximate surface area is 95.6 Å². The van der Waals surface area contributed by atoms with Gasteiger partial charge in [-0.1, -0.05) is 33.2 Å². The molecule has 1 aromatic carbocycles. The summed E-state index contributed by atoms with van der Waals surface area (Å²) < 4.78 is 6.15. The normalized spacial score (nSPS) is 10.5. The van der Waals surface area contributed by atoms with E-state index in [4.69, 9.17) is 10.2 Å². The van der Waals surface area contributed by atoms with Gasteiger partial charge < -0.3 is 10.2 Å². The Balaban J connectivity index is 1.96. The number of rotatable bonds is 3. The maximum absolute atomic E-state index is 5.32. The van der Waals surface area contributed by atoms with Gasteiger partial charge in [0.1, 0.15) is 0 Å². The van der Waals surface area contributed by atoms with E-state index in [9.17, 15) is 0 Å². The Morgan fingerprint density at radius 2 is 1.87 bits per heavy atom. The lowest BCUT2D eigenvalue weighted by molar-refractivity contribution is 0.509. The highest BCUT2D eigenvalue weighted by Crippen LogP contribution is 2.12. The predicted octanol–water partition coefficient (Wildman–Crippen LogP) is 2.20. The first kappa shape index (κ1) is 10.2. The second-order valence-electron chi connectivity index (χ2n) is 3.16. The van der Waals surface area contributed by atoms with Crippen molar-refractivity contribution in [2.45, 2.75) is 12.8 Å². The first-order chi connectivity index (χ1) is 7.24. The van der Waals surface area contributed by atoms with Crippen molar-refractivity contribution in [1.82, 2.24) is 10.2 Å². The van der Waals surface area contributed by atoms with Gasteiger partial charge in [-0.15, -0.1) is 5.10 Å². The summed E-state index contributed by atoms with van der Waals surface area (Å²) in [6.45, 7) is 0. The monoisotopic (exact) mass is 267 g/mol. The van der Waals surface area contributed by atoms with Crippen LogP contribution in [0.1, 0.15) is 11.5 Å². The molecule has 1 aromatic heterocycles. The van der Waals surface area contributed by atoms with Gasteiger partial charge in [0.2, 0.25) is 5.89 Å². The predicted molar refractivity (Wildman–Crippen MR) is 60.3 cm³/mol. The largest absolute Gasteiger partial charge is 0.408 e. The van der Waals surface area contributed by atoms with Crippen molar-refractivity contribution in [1.29, 1.82) is 0 Å². The third-order valence-corrected chi connectivity index (χ3v) is 2.55. The van der Waals surface area contributed by atoms with Crippen molar-refractivity contribution in [3.05, 3.63) is 40.2 Å². The van der Waals surface area contributed by atoms with E-state index in [0.717, 1.165) is 10.9 Å². The molecule has 0 atom stereocenters. The van der Waals surface area contributed by atoms with Crippen molar-refractivity contribution in [3.8, 4) is 0 Å². The van der Waals surface area contributed by atoms with Crippen molar-refractivity contribution in [2.24, 2.45) is 0 Å². The van der Waals surface area contributed by atoms with Gasteiger partial charge in [0.15, 0.2) is 0 Å². The molecule has 0 saturated carbocycles. The Kier molecular flexibility index (Phi) is 3.01. The fourth-order valence-corrected chi connectivity index (χ4v) is 1.53.